The quantitative estimate of drug-likeness (QED) is 0.439. The van der Waals surface area contributed by atoms with Crippen LogP contribution in [-0.2, 0) is 0 Å². The van der Waals surface area contributed by atoms with Gasteiger partial charge in [0.1, 0.15) is 5.75 Å². The molecule has 0 aliphatic carbocycles. The molecule has 4 aromatic rings. The predicted octanol–water partition coefficient (Wildman–Crippen LogP) is 4.18. The third kappa shape index (κ3) is 1.17. The van der Waals surface area contributed by atoms with Crippen LogP contribution in [0.1, 0.15) is 0 Å². The van der Waals surface area contributed by atoms with Gasteiger partial charge in [-0.15, -0.1) is 0 Å². The second-order valence-corrected chi connectivity index (χ2v) is 4.57. The first kappa shape index (κ1) is 9.54. The highest BCUT2D eigenvalue weighted by atomic mass is 16.3. The van der Waals surface area contributed by atoms with E-state index in [1.54, 1.807) is 6.07 Å². The maximum atomic E-state index is 9.70. The Morgan fingerprint density at radius 1 is 0.778 bits per heavy atom. The molecule has 0 amide bonds. The first-order chi connectivity index (χ1) is 8.83. The summed E-state index contributed by atoms with van der Waals surface area (Å²) < 4.78 is 0. The van der Waals surface area contributed by atoms with Crippen molar-refractivity contribution in [1.82, 2.24) is 4.98 Å². The lowest BCUT2D eigenvalue weighted by atomic mass is 9.99. The number of rotatable bonds is 0. The number of fused-ring (bicyclic) bond motifs is 5. The van der Waals surface area contributed by atoms with Crippen molar-refractivity contribution in [3.8, 4) is 5.75 Å². The van der Waals surface area contributed by atoms with E-state index in [1.807, 2.05) is 18.3 Å². The summed E-state index contributed by atoms with van der Waals surface area (Å²) in [4.78, 5) is 3.23. The molecule has 0 aliphatic heterocycles. The van der Waals surface area contributed by atoms with E-state index in [2.05, 4.69) is 35.3 Å². The van der Waals surface area contributed by atoms with E-state index >= 15 is 0 Å². The smallest absolute Gasteiger partial charge is 0.116 e. The zero-order valence-electron chi connectivity index (χ0n) is 9.64. The van der Waals surface area contributed by atoms with Gasteiger partial charge in [-0.3, -0.25) is 0 Å². The molecule has 2 heteroatoms. The van der Waals surface area contributed by atoms with Crippen molar-refractivity contribution in [3.05, 3.63) is 54.7 Å². The highest BCUT2D eigenvalue weighted by Crippen LogP contribution is 2.33. The van der Waals surface area contributed by atoms with E-state index in [1.165, 1.54) is 16.2 Å². The van der Waals surface area contributed by atoms with E-state index in [0.717, 1.165) is 16.3 Å². The van der Waals surface area contributed by atoms with E-state index in [-0.39, 0.29) is 0 Å². The molecule has 1 heterocycles. The van der Waals surface area contributed by atoms with Crippen molar-refractivity contribution in [2.24, 2.45) is 0 Å². The summed E-state index contributed by atoms with van der Waals surface area (Å²) in [5.41, 5.74) is 1.12. The third-order valence-corrected chi connectivity index (χ3v) is 3.52. The van der Waals surface area contributed by atoms with E-state index < -0.39 is 0 Å². The van der Waals surface area contributed by atoms with Gasteiger partial charge in [0, 0.05) is 17.1 Å². The molecule has 0 saturated carbocycles. The Morgan fingerprint density at radius 2 is 1.56 bits per heavy atom. The van der Waals surface area contributed by atoms with Gasteiger partial charge in [-0.25, -0.2) is 0 Å². The second-order valence-electron chi connectivity index (χ2n) is 4.57. The van der Waals surface area contributed by atoms with Crippen molar-refractivity contribution >= 4 is 32.4 Å². The van der Waals surface area contributed by atoms with Gasteiger partial charge < -0.3 is 10.1 Å². The number of aromatic hydroxyl groups is 1. The van der Waals surface area contributed by atoms with Crippen LogP contribution in [0.5, 0.6) is 5.75 Å². The molecule has 3 aromatic carbocycles. The van der Waals surface area contributed by atoms with Gasteiger partial charge in [0.05, 0.1) is 0 Å². The van der Waals surface area contributed by atoms with Crippen molar-refractivity contribution in [1.29, 1.82) is 0 Å². The van der Waals surface area contributed by atoms with Gasteiger partial charge >= 0.3 is 0 Å². The lowest BCUT2D eigenvalue weighted by Crippen LogP contribution is -1.79. The molecule has 0 atom stereocenters. The minimum Gasteiger partial charge on any atom is -0.508 e. The Kier molecular flexibility index (Phi) is 1.73. The third-order valence-electron chi connectivity index (χ3n) is 3.52. The van der Waals surface area contributed by atoms with Gasteiger partial charge in [-0.1, -0.05) is 24.3 Å². The van der Waals surface area contributed by atoms with Crippen LogP contribution < -0.4 is 0 Å². The van der Waals surface area contributed by atoms with Gasteiger partial charge in [-0.2, -0.15) is 0 Å². The van der Waals surface area contributed by atoms with Gasteiger partial charge in [0.2, 0.25) is 0 Å². The van der Waals surface area contributed by atoms with Crippen LogP contribution in [0.25, 0.3) is 32.4 Å². The number of aromatic amines is 1. The molecule has 0 saturated heterocycles. The number of benzene rings is 3. The molecule has 0 aliphatic rings. The summed E-state index contributed by atoms with van der Waals surface area (Å²) >= 11 is 0. The van der Waals surface area contributed by atoms with Crippen molar-refractivity contribution in [2.45, 2.75) is 0 Å². The maximum absolute atomic E-state index is 9.70. The van der Waals surface area contributed by atoms with Crippen LogP contribution in [-0.4, -0.2) is 10.1 Å². The Hall–Kier alpha value is -2.48. The van der Waals surface area contributed by atoms with Crippen LogP contribution in [0.2, 0.25) is 0 Å². The molecule has 0 unspecified atom stereocenters. The topological polar surface area (TPSA) is 36.0 Å². The van der Waals surface area contributed by atoms with Gasteiger partial charge in [0.25, 0.3) is 0 Å². The van der Waals surface area contributed by atoms with E-state index in [0.29, 0.717) is 5.75 Å². The fraction of sp³-hybridized carbons (Fsp3) is 0. The maximum Gasteiger partial charge on any atom is 0.116 e. The van der Waals surface area contributed by atoms with Crippen molar-refractivity contribution < 1.29 is 5.11 Å². The highest BCUT2D eigenvalue weighted by Gasteiger charge is 2.06. The summed E-state index contributed by atoms with van der Waals surface area (Å²) in [7, 11) is 0. The van der Waals surface area contributed by atoms with E-state index in [4.69, 9.17) is 0 Å². The Balaban J connectivity index is 2.37. The molecule has 0 bridgehead atoms. The molecule has 1 aromatic heterocycles. The molecule has 18 heavy (non-hydrogen) atoms. The zero-order chi connectivity index (χ0) is 12.1. The summed E-state index contributed by atoms with van der Waals surface area (Å²) in [6, 6.07) is 16.0. The van der Waals surface area contributed by atoms with Crippen LogP contribution >= 0.6 is 0 Å². The Morgan fingerprint density at radius 3 is 2.50 bits per heavy atom. The summed E-state index contributed by atoms with van der Waals surface area (Å²) in [5.74, 6) is 0.308. The summed E-state index contributed by atoms with van der Waals surface area (Å²) in [5, 5.41) is 15.5. The first-order valence-corrected chi connectivity index (χ1v) is 5.94. The summed E-state index contributed by atoms with van der Waals surface area (Å²) in [6.07, 6.45) is 1.95. The molecule has 2 N–H and O–H groups in total. The number of phenolic OH excluding ortho intramolecular Hbond substituents is 1. The number of H-pyrrole nitrogens is 1. The molecular weight excluding hydrogens is 222 g/mol. The zero-order valence-corrected chi connectivity index (χ0v) is 9.64. The predicted molar refractivity (Wildman–Crippen MR) is 75.0 cm³/mol. The average Bonchev–Trinajstić information content (AvgIpc) is 2.86. The monoisotopic (exact) mass is 233 g/mol. The van der Waals surface area contributed by atoms with Crippen LogP contribution in [0, 0.1) is 0 Å². The normalized spacial score (nSPS) is 11.6. The number of hydrogen-bond donors (Lipinski definition) is 2. The fourth-order valence-corrected chi connectivity index (χ4v) is 2.68. The van der Waals surface area contributed by atoms with Gasteiger partial charge in [-0.05, 0) is 45.8 Å². The second kappa shape index (κ2) is 3.26. The number of nitrogens with one attached hydrogen (secondary N) is 1. The minimum absolute atomic E-state index is 0.308. The van der Waals surface area contributed by atoms with Crippen LogP contribution in [0.4, 0.5) is 0 Å². The average molecular weight is 233 g/mol. The minimum atomic E-state index is 0.308. The molecule has 2 nitrogen and oxygen atoms in total. The first-order valence-electron chi connectivity index (χ1n) is 5.94. The summed E-state index contributed by atoms with van der Waals surface area (Å²) in [6.45, 7) is 0. The molecular formula is C16H11NO. The molecule has 0 fully saturated rings. The number of aromatic nitrogens is 1. The number of phenols is 1. The Labute approximate surface area is 103 Å². The SMILES string of the molecule is Oc1ccc2ccc3ccc4[nH]ccc4c3c2c1. The van der Waals surface area contributed by atoms with Crippen LogP contribution in [0.15, 0.2) is 54.7 Å². The van der Waals surface area contributed by atoms with Crippen molar-refractivity contribution in [3.63, 3.8) is 0 Å². The van der Waals surface area contributed by atoms with E-state index in [9.17, 15) is 5.11 Å². The standard InChI is InChI=1S/C16H11NO/c18-12-5-3-10-1-2-11-4-6-15-13(7-8-17-15)16(11)14(10)9-12/h1-9,17-18H. The van der Waals surface area contributed by atoms with Gasteiger partial charge in [0.15, 0.2) is 0 Å². The molecule has 0 spiro atoms. The molecule has 4 rings (SSSR count). The number of hydrogen-bond acceptors (Lipinski definition) is 1. The fourth-order valence-electron chi connectivity index (χ4n) is 2.68. The lowest BCUT2D eigenvalue weighted by Gasteiger charge is -2.06. The largest absolute Gasteiger partial charge is 0.508 e. The molecule has 0 radical (unpaired) electrons. The van der Waals surface area contributed by atoms with Crippen LogP contribution in [0.3, 0.4) is 0 Å². The van der Waals surface area contributed by atoms with Crippen molar-refractivity contribution in [2.75, 3.05) is 0 Å². The lowest BCUT2D eigenvalue weighted by molar-refractivity contribution is 0.476. The highest BCUT2D eigenvalue weighted by molar-refractivity contribution is 6.19. The Bertz CT molecular complexity index is 889. The molecule has 86 valence electrons.